The van der Waals surface area contributed by atoms with Crippen LogP contribution in [0.3, 0.4) is 0 Å². The first-order chi connectivity index (χ1) is 10.1. The molecule has 1 aromatic rings. The summed E-state index contributed by atoms with van der Waals surface area (Å²) in [6.45, 7) is 8.40. The van der Waals surface area contributed by atoms with Gasteiger partial charge in [0.25, 0.3) is 0 Å². The number of nitrogens with zero attached hydrogens (tertiary/aromatic N) is 2. The number of anilines is 2. The zero-order valence-electron chi connectivity index (χ0n) is 12.8. The van der Waals surface area contributed by atoms with Gasteiger partial charge in [-0.2, -0.15) is 0 Å². The van der Waals surface area contributed by atoms with Crippen LogP contribution in [0, 0.1) is 0 Å². The lowest BCUT2D eigenvalue weighted by Crippen LogP contribution is -2.47. The van der Waals surface area contributed by atoms with E-state index in [4.69, 9.17) is 0 Å². The molecule has 5 heteroatoms. The first-order valence-corrected chi connectivity index (χ1v) is 7.50. The summed E-state index contributed by atoms with van der Waals surface area (Å²) in [6, 6.07) is 6.38. The van der Waals surface area contributed by atoms with Crippen molar-refractivity contribution in [3.63, 3.8) is 0 Å². The van der Waals surface area contributed by atoms with Gasteiger partial charge in [0.2, 0.25) is 5.91 Å². The number of piperidine rings is 1. The predicted molar refractivity (Wildman–Crippen MR) is 86.2 cm³/mol. The monoisotopic (exact) mass is 288 g/mol. The van der Waals surface area contributed by atoms with E-state index in [1.54, 1.807) is 12.3 Å². The van der Waals surface area contributed by atoms with Crippen LogP contribution in [0.15, 0.2) is 31.0 Å². The largest absolute Gasteiger partial charge is 0.347 e. The van der Waals surface area contributed by atoms with Crippen molar-refractivity contribution in [3.05, 3.63) is 31.0 Å². The topological polar surface area (TPSA) is 57.3 Å². The van der Waals surface area contributed by atoms with E-state index in [1.165, 1.54) is 6.42 Å². The van der Waals surface area contributed by atoms with Gasteiger partial charge in [-0.1, -0.05) is 19.1 Å². The molecule has 1 aliphatic rings. The van der Waals surface area contributed by atoms with E-state index in [0.29, 0.717) is 30.3 Å². The molecule has 0 bridgehead atoms. The van der Waals surface area contributed by atoms with Crippen LogP contribution >= 0.6 is 0 Å². The molecule has 21 heavy (non-hydrogen) atoms. The van der Waals surface area contributed by atoms with Crippen LogP contribution in [-0.2, 0) is 4.79 Å². The quantitative estimate of drug-likeness (QED) is 0.874. The number of pyridine rings is 1. The third-order valence-electron chi connectivity index (χ3n) is 3.97. The Morgan fingerprint density at radius 3 is 2.71 bits per heavy atom. The summed E-state index contributed by atoms with van der Waals surface area (Å²) >= 11 is 0. The van der Waals surface area contributed by atoms with Gasteiger partial charge in [0.1, 0.15) is 11.6 Å². The normalized spacial score (nSPS) is 22.6. The van der Waals surface area contributed by atoms with Crippen LogP contribution in [0.25, 0.3) is 0 Å². The van der Waals surface area contributed by atoms with Gasteiger partial charge >= 0.3 is 0 Å². The molecule has 1 saturated heterocycles. The number of rotatable bonds is 5. The van der Waals surface area contributed by atoms with Crippen LogP contribution < -0.4 is 10.6 Å². The molecule has 1 amide bonds. The average molecular weight is 288 g/mol. The fourth-order valence-electron chi connectivity index (χ4n) is 2.82. The van der Waals surface area contributed by atoms with Gasteiger partial charge in [-0.25, -0.2) is 4.98 Å². The average Bonchev–Trinajstić information content (AvgIpc) is 2.44. The van der Waals surface area contributed by atoms with Crippen LogP contribution in [0.1, 0.15) is 33.1 Å². The molecule has 1 aromatic heterocycles. The lowest BCUT2D eigenvalue weighted by Gasteiger charge is -2.38. The number of carbonyl (C=O) groups is 1. The predicted octanol–water partition coefficient (Wildman–Crippen LogP) is 2.84. The van der Waals surface area contributed by atoms with Crippen LogP contribution in [0.4, 0.5) is 11.6 Å². The second-order valence-corrected chi connectivity index (χ2v) is 5.61. The highest BCUT2D eigenvalue weighted by Crippen LogP contribution is 2.22. The van der Waals surface area contributed by atoms with Gasteiger partial charge in [0, 0.05) is 12.1 Å². The Labute approximate surface area is 126 Å². The number of amides is 1. The van der Waals surface area contributed by atoms with E-state index < -0.39 is 0 Å². The molecule has 0 aliphatic carbocycles. The highest BCUT2D eigenvalue weighted by atomic mass is 16.2. The summed E-state index contributed by atoms with van der Waals surface area (Å²) in [7, 11) is 0. The number of aromatic nitrogens is 1. The van der Waals surface area contributed by atoms with Crippen LogP contribution in [-0.4, -0.2) is 34.4 Å². The summed E-state index contributed by atoms with van der Waals surface area (Å²) < 4.78 is 0. The van der Waals surface area contributed by atoms with Gasteiger partial charge in [0.15, 0.2) is 0 Å². The summed E-state index contributed by atoms with van der Waals surface area (Å²) in [6.07, 6.45) is 5.13. The number of likely N-dealkylation sites (tertiary alicyclic amines) is 1. The molecule has 0 spiro atoms. The second kappa shape index (κ2) is 7.22. The molecule has 114 valence electrons. The Balaban J connectivity index is 1.94. The fourth-order valence-corrected chi connectivity index (χ4v) is 2.82. The molecule has 2 heterocycles. The maximum atomic E-state index is 12.2. The van der Waals surface area contributed by atoms with Crippen molar-refractivity contribution in [3.8, 4) is 0 Å². The maximum absolute atomic E-state index is 12.2. The second-order valence-electron chi connectivity index (χ2n) is 5.61. The molecule has 2 atom stereocenters. The Morgan fingerprint density at radius 2 is 2.05 bits per heavy atom. The smallest absolute Gasteiger partial charge is 0.239 e. The molecule has 1 aliphatic heterocycles. The minimum absolute atomic E-state index is 0.0150. The van der Waals surface area contributed by atoms with E-state index in [9.17, 15) is 4.79 Å². The van der Waals surface area contributed by atoms with Gasteiger partial charge < -0.3 is 10.6 Å². The lowest BCUT2D eigenvalue weighted by atomic mass is 9.97. The third-order valence-corrected chi connectivity index (χ3v) is 3.97. The number of hydrogen-bond acceptors (Lipinski definition) is 4. The van der Waals surface area contributed by atoms with E-state index in [1.807, 2.05) is 12.1 Å². The van der Waals surface area contributed by atoms with Crippen molar-refractivity contribution in [2.75, 3.05) is 17.2 Å². The van der Waals surface area contributed by atoms with Crippen molar-refractivity contribution in [1.82, 2.24) is 9.88 Å². The Morgan fingerprint density at radius 1 is 1.38 bits per heavy atom. The first-order valence-electron chi connectivity index (χ1n) is 7.50. The maximum Gasteiger partial charge on any atom is 0.239 e. The van der Waals surface area contributed by atoms with Gasteiger partial charge in [-0.05, 0) is 45.0 Å². The number of hydrogen-bond donors (Lipinski definition) is 2. The van der Waals surface area contributed by atoms with Gasteiger partial charge in [-0.15, -0.1) is 0 Å². The van der Waals surface area contributed by atoms with Crippen LogP contribution in [0.2, 0.25) is 0 Å². The van der Waals surface area contributed by atoms with Crippen molar-refractivity contribution >= 4 is 17.5 Å². The van der Waals surface area contributed by atoms with E-state index in [-0.39, 0.29) is 5.91 Å². The summed E-state index contributed by atoms with van der Waals surface area (Å²) in [5, 5.41) is 5.77. The van der Waals surface area contributed by atoms with Crippen molar-refractivity contribution in [2.24, 2.45) is 0 Å². The molecule has 2 N–H and O–H groups in total. The highest BCUT2D eigenvalue weighted by molar-refractivity contribution is 5.91. The highest BCUT2D eigenvalue weighted by Gasteiger charge is 2.26. The Kier molecular flexibility index (Phi) is 5.33. The molecule has 5 nitrogen and oxygen atoms in total. The SMILES string of the molecule is C=CNc1cccc(NC(=O)CN2C(C)CCCC2C)n1. The van der Waals surface area contributed by atoms with Crippen molar-refractivity contribution < 1.29 is 4.79 Å². The van der Waals surface area contributed by atoms with Crippen LogP contribution in [0.5, 0.6) is 0 Å². The third kappa shape index (κ3) is 4.29. The summed E-state index contributed by atoms with van der Waals surface area (Å²) in [4.78, 5) is 18.8. The standard InChI is InChI=1S/C16H24N4O/c1-4-17-14-9-6-10-15(18-14)19-16(21)11-20-12(2)7-5-8-13(20)3/h4,6,9-10,12-13H,1,5,7-8,11H2,2-3H3,(H2,17,18,19,21). The Hall–Kier alpha value is -1.88. The van der Waals surface area contributed by atoms with Gasteiger partial charge in [-0.3, -0.25) is 9.69 Å². The van der Waals surface area contributed by atoms with Crippen molar-refractivity contribution in [1.29, 1.82) is 0 Å². The first kappa shape index (κ1) is 15.5. The van der Waals surface area contributed by atoms with E-state index in [2.05, 4.69) is 40.9 Å². The molecule has 0 aromatic carbocycles. The van der Waals surface area contributed by atoms with Crippen molar-refractivity contribution in [2.45, 2.75) is 45.2 Å². The molecule has 0 saturated carbocycles. The van der Waals surface area contributed by atoms with E-state index >= 15 is 0 Å². The minimum Gasteiger partial charge on any atom is -0.347 e. The van der Waals surface area contributed by atoms with Gasteiger partial charge in [0.05, 0.1) is 6.54 Å². The molecule has 0 radical (unpaired) electrons. The summed E-state index contributed by atoms with van der Waals surface area (Å²) in [5.41, 5.74) is 0. The summed E-state index contributed by atoms with van der Waals surface area (Å²) in [5.74, 6) is 1.21. The zero-order chi connectivity index (χ0) is 15.2. The lowest BCUT2D eigenvalue weighted by molar-refractivity contribution is -0.118. The molecular weight excluding hydrogens is 264 g/mol. The minimum atomic E-state index is -0.0150. The molecule has 1 fully saturated rings. The molecule has 2 rings (SSSR count). The molecule has 2 unspecified atom stereocenters. The van der Waals surface area contributed by atoms with E-state index in [0.717, 1.165) is 12.8 Å². The fraction of sp³-hybridized carbons (Fsp3) is 0.500. The zero-order valence-corrected chi connectivity index (χ0v) is 12.8. The number of carbonyl (C=O) groups excluding carboxylic acids is 1. The molecular formula is C16H24N4O. The number of nitrogens with one attached hydrogen (secondary N) is 2. The Bertz CT molecular complexity index is 493.